The summed E-state index contributed by atoms with van der Waals surface area (Å²) < 4.78 is 0. The number of aliphatic hydroxyl groups is 1. The first-order chi connectivity index (χ1) is 16.9. The minimum absolute atomic E-state index is 0.207. The number of hydrogen-bond acceptors (Lipinski definition) is 6. The Labute approximate surface area is 204 Å². The van der Waals surface area contributed by atoms with Crippen molar-refractivity contribution in [2.45, 2.75) is 50.7 Å². The molecular formula is C27H30N4O4. The Balaban J connectivity index is 1.20. The third kappa shape index (κ3) is 4.71. The molecule has 0 aliphatic carbocycles. The summed E-state index contributed by atoms with van der Waals surface area (Å²) in [5.41, 5.74) is 1.47. The molecule has 4 heterocycles. The molecule has 5 rings (SSSR count). The van der Waals surface area contributed by atoms with E-state index in [0.29, 0.717) is 18.5 Å². The van der Waals surface area contributed by atoms with Crippen LogP contribution in [0.1, 0.15) is 48.9 Å². The summed E-state index contributed by atoms with van der Waals surface area (Å²) in [4.78, 5) is 34.9. The average Bonchev–Trinajstić information content (AvgIpc) is 2.86. The van der Waals surface area contributed by atoms with E-state index < -0.39 is 18.1 Å². The molecule has 8 nitrogen and oxygen atoms in total. The fourth-order valence-corrected chi connectivity index (χ4v) is 5.10. The number of aliphatic carboxylic acids is 1. The van der Waals surface area contributed by atoms with Gasteiger partial charge in [-0.1, -0.05) is 30.7 Å². The lowest BCUT2D eigenvalue weighted by molar-refractivity contribution is -0.196. The summed E-state index contributed by atoms with van der Waals surface area (Å²) in [5, 5.41) is 25.0. The first-order valence-corrected chi connectivity index (χ1v) is 12.3. The standard InChI is InChI=1S/C27H30N4O4/c32-24(33)15-27(35,21-14-19-6-2-4-10-23(19)29-16-21)31-17-20(26(31)34)7-1-3-9-22-12-11-18-8-5-13-28-25(18)30-22/h2,4,6,10-12,14,16,20,35H,1,3,5,7-9,13,15,17H2,(H,28,30)(H,32,33)/t20?,27-/m0/s1. The van der Waals surface area contributed by atoms with Crippen LogP contribution in [0.2, 0.25) is 0 Å². The topological polar surface area (TPSA) is 116 Å². The minimum atomic E-state index is -1.92. The molecule has 0 saturated carbocycles. The highest BCUT2D eigenvalue weighted by atomic mass is 16.4. The number of benzene rings is 1. The molecule has 2 atom stereocenters. The zero-order valence-corrected chi connectivity index (χ0v) is 19.6. The summed E-state index contributed by atoms with van der Waals surface area (Å²) in [5.74, 6) is -0.594. The van der Waals surface area contributed by atoms with E-state index in [2.05, 4.69) is 22.4 Å². The number of anilines is 1. The molecule has 1 saturated heterocycles. The van der Waals surface area contributed by atoms with Gasteiger partial charge in [-0.25, -0.2) is 4.98 Å². The molecular weight excluding hydrogens is 444 g/mol. The Kier molecular flexibility index (Phi) is 6.38. The maximum atomic E-state index is 13.0. The van der Waals surface area contributed by atoms with E-state index in [-0.39, 0.29) is 11.8 Å². The molecule has 0 radical (unpaired) electrons. The number of hydrogen-bond donors (Lipinski definition) is 3. The van der Waals surface area contributed by atoms with Gasteiger partial charge in [0.05, 0.1) is 17.9 Å². The van der Waals surface area contributed by atoms with E-state index >= 15 is 0 Å². The predicted octanol–water partition coefficient (Wildman–Crippen LogP) is 3.48. The number of fused-ring (bicyclic) bond motifs is 2. The zero-order valence-electron chi connectivity index (χ0n) is 19.6. The van der Waals surface area contributed by atoms with Crippen molar-refractivity contribution < 1.29 is 19.8 Å². The largest absolute Gasteiger partial charge is 0.481 e. The van der Waals surface area contributed by atoms with Gasteiger partial charge in [-0.15, -0.1) is 0 Å². The summed E-state index contributed by atoms with van der Waals surface area (Å²) in [6, 6.07) is 13.4. The molecule has 8 heteroatoms. The number of carbonyl (C=O) groups excluding carboxylic acids is 1. The summed E-state index contributed by atoms with van der Waals surface area (Å²) in [6.07, 6.45) is 6.42. The second kappa shape index (κ2) is 9.62. The van der Waals surface area contributed by atoms with Gasteiger partial charge in [-0.2, -0.15) is 0 Å². The van der Waals surface area contributed by atoms with Crippen molar-refractivity contribution in [1.29, 1.82) is 0 Å². The number of carboxylic acids is 1. The maximum Gasteiger partial charge on any atom is 0.308 e. The van der Waals surface area contributed by atoms with E-state index in [0.717, 1.165) is 61.1 Å². The molecule has 1 fully saturated rings. The van der Waals surface area contributed by atoms with Crippen LogP contribution in [0.15, 0.2) is 48.7 Å². The quantitative estimate of drug-likeness (QED) is 0.321. The molecule has 1 unspecified atom stereocenters. The number of amides is 1. The van der Waals surface area contributed by atoms with Crippen LogP contribution in [0.5, 0.6) is 0 Å². The molecule has 0 spiro atoms. The van der Waals surface area contributed by atoms with Gasteiger partial charge in [0.2, 0.25) is 5.91 Å². The second-order valence-electron chi connectivity index (χ2n) is 9.54. The minimum Gasteiger partial charge on any atom is -0.481 e. The maximum absolute atomic E-state index is 13.0. The zero-order chi connectivity index (χ0) is 24.4. The van der Waals surface area contributed by atoms with E-state index in [9.17, 15) is 19.8 Å². The lowest BCUT2D eigenvalue weighted by Crippen LogP contribution is -2.62. The molecule has 3 aromatic rings. The number of pyridine rings is 2. The van der Waals surface area contributed by atoms with Gasteiger partial charge >= 0.3 is 5.97 Å². The molecule has 2 aliphatic rings. The summed E-state index contributed by atoms with van der Waals surface area (Å²) in [6.45, 7) is 1.30. The smallest absolute Gasteiger partial charge is 0.308 e. The molecule has 2 aromatic heterocycles. The monoisotopic (exact) mass is 474 g/mol. The van der Waals surface area contributed by atoms with Gasteiger partial charge in [0.25, 0.3) is 0 Å². The van der Waals surface area contributed by atoms with Crippen LogP contribution >= 0.6 is 0 Å². The number of rotatable bonds is 9. The predicted molar refractivity (Wildman–Crippen MR) is 132 cm³/mol. The number of β-lactam (4-membered cyclic amide) rings is 1. The van der Waals surface area contributed by atoms with Crippen molar-refractivity contribution in [3.05, 3.63) is 65.5 Å². The number of nitrogens with zero attached hydrogens (tertiary/aromatic N) is 3. The van der Waals surface area contributed by atoms with E-state index in [4.69, 9.17) is 4.98 Å². The van der Waals surface area contributed by atoms with E-state index in [1.807, 2.05) is 24.3 Å². The Morgan fingerprint density at radius 1 is 1.20 bits per heavy atom. The number of aryl methyl sites for hydroxylation is 2. The van der Waals surface area contributed by atoms with Crippen molar-refractivity contribution in [3.63, 3.8) is 0 Å². The van der Waals surface area contributed by atoms with Crippen molar-refractivity contribution >= 4 is 28.6 Å². The van der Waals surface area contributed by atoms with E-state index in [1.165, 1.54) is 16.7 Å². The Bertz CT molecular complexity index is 1260. The highest BCUT2D eigenvalue weighted by Gasteiger charge is 2.50. The first-order valence-electron chi connectivity index (χ1n) is 12.3. The van der Waals surface area contributed by atoms with Crippen LogP contribution in [0.3, 0.4) is 0 Å². The number of carboxylic acid groups (broad SMARTS) is 1. The summed E-state index contributed by atoms with van der Waals surface area (Å²) in [7, 11) is 0. The molecule has 2 aliphatic heterocycles. The highest BCUT2D eigenvalue weighted by molar-refractivity contribution is 5.86. The van der Waals surface area contributed by atoms with Crippen LogP contribution in [-0.2, 0) is 28.2 Å². The highest BCUT2D eigenvalue weighted by Crippen LogP contribution is 2.38. The van der Waals surface area contributed by atoms with Crippen molar-refractivity contribution in [2.24, 2.45) is 5.92 Å². The van der Waals surface area contributed by atoms with Gasteiger partial charge in [0.1, 0.15) is 5.82 Å². The summed E-state index contributed by atoms with van der Waals surface area (Å²) >= 11 is 0. The Morgan fingerprint density at radius 2 is 2.06 bits per heavy atom. The third-order valence-electron chi connectivity index (χ3n) is 7.10. The van der Waals surface area contributed by atoms with E-state index in [1.54, 1.807) is 6.07 Å². The van der Waals surface area contributed by atoms with Crippen LogP contribution in [0.25, 0.3) is 10.9 Å². The second-order valence-corrected chi connectivity index (χ2v) is 9.54. The fourth-order valence-electron chi connectivity index (χ4n) is 5.10. The Hall–Kier alpha value is -3.52. The molecule has 35 heavy (non-hydrogen) atoms. The number of nitrogens with one attached hydrogen (secondary N) is 1. The molecule has 3 N–H and O–H groups in total. The third-order valence-corrected chi connectivity index (χ3v) is 7.10. The van der Waals surface area contributed by atoms with Crippen LogP contribution in [0.4, 0.5) is 5.82 Å². The number of likely N-dealkylation sites (tertiary alicyclic amines) is 1. The van der Waals surface area contributed by atoms with Crippen molar-refractivity contribution in [3.8, 4) is 0 Å². The van der Waals surface area contributed by atoms with Gasteiger partial charge in [0.15, 0.2) is 5.72 Å². The van der Waals surface area contributed by atoms with Crippen LogP contribution in [-0.4, -0.2) is 50.0 Å². The number of unbranched alkanes of at least 4 members (excludes halogenated alkanes) is 1. The normalized spacial score (nSPS) is 18.9. The lowest BCUT2D eigenvalue weighted by atomic mass is 9.86. The van der Waals surface area contributed by atoms with Gasteiger partial charge in [0, 0.05) is 35.9 Å². The first kappa shape index (κ1) is 23.2. The molecule has 182 valence electrons. The van der Waals surface area contributed by atoms with Gasteiger partial charge in [-0.3, -0.25) is 14.6 Å². The molecule has 1 amide bonds. The van der Waals surface area contributed by atoms with Crippen LogP contribution < -0.4 is 5.32 Å². The van der Waals surface area contributed by atoms with Crippen molar-refractivity contribution in [2.75, 3.05) is 18.4 Å². The fraction of sp³-hybridized carbons (Fsp3) is 0.407. The lowest BCUT2D eigenvalue weighted by Gasteiger charge is -2.48. The molecule has 1 aromatic carbocycles. The average molecular weight is 475 g/mol. The molecule has 0 bridgehead atoms. The Morgan fingerprint density at radius 3 is 2.89 bits per heavy atom. The van der Waals surface area contributed by atoms with Crippen LogP contribution in [0, 0.1) is 5.92 Å². The van der Waals surface area contributed by atoms with Gasteiger partial charge in [-0.05, 0) is 55.9 Å². The number of aromatic nitrogens is 2. The number of para-hydroxylation sites is 1. The van der Waals surface area contributed by atoms with Gasteiger partial charge < -0.3 is 20.4 Å². The number of carbonyl (C=O) groups is 2. The van der Waals surface area contributed by atoms with Crippen molar-refractivity contribution in [1.82, 2.24) is 14.9 Å². The SMILES string of the molecule is O=C(O)C[C@](O)(c1cnc2ccccc2c1)N1CC(CCCCc2ccc3c(n2)NCCC3)C1=O.